The number of hydrogen-bond acceptors (Lipinski definition) is 2. The summed E-state index contributed by atoms with van der Waals surface area (Å²) < 4.78 is 37.8. The van der Waals surface area contributed by atoms with Crippen LogP contribution in [0.15, 0.2) is 24.3 Å². The van der Waals surface area contributed by atoms with E-state index in [1.54, 1.807) is 0 Å². The number of hydrogen-bond donors (Lipinski definition) is 2. The molecule has 1 aromatic rings. The van der Waals surface area contributed by atoms with Crippen molar-refractivity contribution in [1.29, 1.82) is 0 Å². The average molecular weight is 283 g/mol. The molecule has 0 aromatic heterocycles. The van der Waals surface area contributed by atoms with Gasteiger partial charge in [-0.15, -0.1) is 12.4 Å². The molecule has 0 radical (unpaired) electrons. The SMILES string of the molecule is CC(N)C(=O)NCc1ccccc1C(F)(F)F.Cl. The molecule has 18 heavy (non-hydrogen) atoms. The van der Waals surface area contributed by atoms with Crippen LogP contribution >= 0.6 is 12.4 Å². The number of carbonyl (C=O) groups excluding carboxylic acids is 1. The van der Waals surface area contributed by atoms with Crippen LogP contribution in [0.5, 0.6) is 0 Å². The number of nitrogens with one attached hydrogen (secondary N) is 1. The summed E-state index contributed by atoms with van der Waals surface area (Å²) in [6.07, 6.45) is -4.42. The molecule has 1 aromatic carbocycles. The maximum atomic E-state index is 12.6. The van der Waals surface area contributed by atoms with Gasteiger partial charge in [-0.25, -0.2) is 0 Å². The molecule has 0 heterocycles. The highest BCUT2D eigenvalue weighted by Gasteiger charge is 2.32. The lowest BCUT2D eigenvalue weighted by atomic mass is 10.1. The van der Waals surface area contributed by atoms with E-state index < -0.39 is 23.7 Å². The highest BCUT2D eigenvalue weighted by molar-refractivity contribution is 5.85. The Balaban J connectivity index is 0.00000289. The molecule has 1 unspecified atom stereocenters. The molecule has 0 fully saturated rings. The van der Waals surface area contributed by atoms with Gasteiger partial charge in [0.05, 0.1) is 11.6 Å². The van der Waals surface area contributed by atoms with Crippen LogP contribution in [0.2, 0.25) is 0 Å². The van der Waals surface area contributed by atoms with Crippen molar-refractivity contribution >= 4 is 18.3 Å². The quantitative estimate of drug-likeness (QED) is 0.892. The van der Waals surface area contributed by atoms with Crippen LogP contribution in [-0.4, -0.2) is 11.9 Å². The van der Waals surface area contributed by atoms with E-state index >= 15 is 0 Å². The molecule has 102 valence electrons. The first-order chi connectivity index (χ1) is 7.82. The predicted octanol–water partition coefficient (Wildman–Crippen LogP) is 2.09. The summed E-state index contributed by atoms with van der Waals surface area (Å²) in [6, 6.07) is 4.35. The zero-order valence-corrected chi connectivity index (χ0v) is 10.4. The predicted molar refractivity (Wildman–Crippen MR) is 64.2 cm³/mol. The number of carbonyl (C=O) groups is 1. The van der Waals surface area contributed by atoms with Gasteiger partial charge in [-0.3, -0.25) is 4.79 Å². The van der Waals surface area contributed by atoms with E-state index in [0.29, 0.717) is 0 Å². The Bertz CT molecular complexity index is 408. The van der Waals surface area contributed by atoms with Crippen molar-refractivity contribution in [2.45, 2.75) is 25.7 Å². The van der Waals surface area contributed by atoms with E-state index in [2.05, 4.69) is 5.32 Å². The minimum atomic E-state index is -4.42. The number of alkyl halides is 3. The second-order valence-corrected chi connectivity index (χ2v) is 3.66. The fraction of sp³-hybridized carbons (Fsp3) is 0.364. The number of amides is 1. The normalized spacial score (nSPS) is 12.5. The van der Waals surface area contributed by atoms with Gasteiger partial charge in [0.1, 0.15) is 0 Å². The maximum absolute atomic E-state index is 12.6. The zero-order chi connectivity index (χ0) is 13.1. The molecule has 7 heteroatoms. The van der Waals surface area contributed by atoms with Crippen LogP contribution in [0.3, 0.4) is 0 Å². The molecule has 1 atom stereocenters. The Hall–Kier alpha value is -1.27. The molecule has 0 spiro atoms. The minimum Gasteiger partial charge on any atom is -0.351 e. The van der Waals surface area contributed by atoms with Crippen molar-refractivity contribution in [2.24, 2.45) is 5.73 Å². The monoisotopic (exact) mass is 282 g/mol. The van der Waals surface area contributed by atoms with E-state index in [-0.39, 0.29) is 24.5 Å². The van der Waals surface area contributed by atoms with Crippen molar-refractivity contribution in [3.05, 3.63) is 35.4 Å². The third kappa shape index (κ3) is 4.54. The molecule has 3 N–H and O–H groups in total. The fourth-order valence-corrected chi connectivity index (χ4v) is 1.29. The van der Waals surface area contributed by atoms with Gasteiger partial charge in [-0.2, -0.15) is 13.2 Å². The number of benzene rings is 1. The van der Waals surface area contributed by atoms with Crippen molar-refractivity contribution in [3.8, 4) is 0 Å². The van der Waals surface area contributed by atoms with Gasteiger partial charge in [0.15, 0.2) is 0 Å². The Labute approximate surface area is 109 Å². The largest absolute Gasteiger partial charge is 0.416 e. The number of rotatable bonds is 3. The summed E-state index contributed by atoms with van der Waals surface area (Å²) in [5.41, 5.74) is 4.57. The van der Waals surface area contributed by atoms with Crippen LogP contribution in [0.4, 0.5) is 13.2 Å². The first-order valence-electron chi connectivity index (χ1n) is 5.00. The second kappa shape index (κ2) is 6.61. The number of halogens is 4. The third-order valence-corrected chi connectivity index (χ3v) is 2.19. The molecule has 3 nitrogen and oxygen atoms in total. The highest BCUT2D eigenvalue weighted by Crippen LogP contribution is 2.31. The van der Waals surface area contributed by atoms with Crippen LogP contribution < -0.4 is 11.1 Å². The van der Waals surface area contributed by atoms with Gasteiger partial charge in [-0.1, -0.05) is 18.2 Å². The molecule has 1 amide bonds. The topological polar surface area (TPSA) is 55.1 Å². The lowest BCUT2D eigenvalue weighted by Gasteiger charge is -2.13. The molecule has 0 aliphatic carbocycles. The van der Waals surface area contributed by atoms with Crippen molar-refractivity contribution in [3.63, 3.8) is 0 Å². The Morgan fingerprint density at radius 2 is 1.94 bits per heavy atom. The molecule has 1 rings (SSSR count). The summed E-state index contributed by atoms with van der Waals surface area (Å²) in [7, 11) is 0. The van der Waals surface area contributed by atoms with Crippen molar-refractivity contribution < 1.29 is 18.0 Å². The molecule has 0 saturated heterocycles. The summed E-state index contributed by atoms with van der Waals surface area (Å²) >= 11 is 0. The molecule has 0 aliphatic heterocycles. The van der Waals surface area contributed by atoms with Crippen molar-refractivity contribution in [2.75, 3.05) is 0 Å². The van der Waals surface area contributed by atoms with Gasteiger partial charge >= 0.3 is 6.18 Å². The van der Waals surface area contributed by atoms with E-state index in [0.717, 1.165) is 6.07 Å². The zero-order valence-electron chi connectivity index (χ0n) is 9.62. The van der Waals surface area contributed by atoms with Gasteiger partial charge in [0, 0.05) is 6.54 Å². The fourth-order valence-electron chi connectivity index (χ4n) is 1.29. The first kappa shape index (κ1) is 16.7. The molecule has 0 aliphatic rings. The Morgan fingerprint density at radius 3 is 2.44 bits per heavy atom. The van der Waals surface area contributed by atoms with Gasteiger partial charge < -0.3 is 11.1 Å². The van der Waals surface area contributed by atoms with Gasteiger partial charge in [0.25, 0.3) is 0 Å². The summed E-state index contributed by atoms with van der Waals surface area (Å²) in [5, 5.41) is 2.35. The molecule has 0 saturated carbocycles. The summed E-state index contributed by atoms with van der Waals surface area (Å²) in [6.45, 7) is 1.28. The van der Waals surface area contributed by atoms with Crippen LogP contribution in [0, 0.1) is 0 Å². The standard InChI is InChI=1S/C11H13F3N2O.ClH/c1-7(15)10(17)16-6-8-4-2-3-5-9(8)11(12,13)14;/h2-5,7H,6,15H2,1H3,(H,16,17);1H. The van der Waals surface area contributed by atoms with E-state index in [9.17, 15) is 18.0 Å². The van der Waals surface area contributed by atoms with Gasteiger partial charge in [0.2, 0.25) is 5.91 Å². The third-order valence-electron chi connectivity index (χ3n) is 2.19. The lowest BCUT2D eigenvalue weighted by molar-refractivity contribution is -0.138. The average Bonchev–Trinajstić information content (AvgIpc) is 2.24. The van der Waals surface area contributed by atoms with Crippen LogP contribution in [-0.2, 0) is 17.5 Å². The lowest BCUT2D eigenvalue weighted by Crippen LogP contribution is -2.38. The first-order valence-corrected chi connectivity index (χ1v) is 5.00. The molecular formula is C11H14ClF3N2O. The van der Waals surface area contributed by atoms with Crippen LogP contribution in [0.1, 0.15) is 18.1 Å². The van der Waals surface area contributed by atoms with E-state index in [1.165, 1.54) is 25.1 Å². The Kier molecular flexibility index (Phi) is 6.14. The van der Waals surface area contributed by atoms with E-state index in [4.69, 9.17) is 5.73 Å². The highest BCUT2D eigenvalue weighted by atomic mass is 35.5. The van der Waals surface area contributed by atoms with Gasteiger partial charge in [-0.05, 0) is 18.6 Å². The minimum absolute atomic E-state index is 0. The number of nitrogens with two attached hydrogens (primary N) is 1. The summed E-state index contributed by atoms with van der Waals surface area (Å²) in [5.74, 6) is -0.484. The smallest absolute Gasteiger partial charge is 0.351 e. The molecule has 0 bridgehead atoms. The second-order valence-electron chi connectivity index (χ2n) is 3.66. The Morgan fingerprint density at radius 1 is 1.39 bits per heavy atom. The van der Waals surface area contributed by atoms with E-state index in [1.807, 2.05) is 0 Å². The summed E-state index contributed by atoms with van der Waals surface area (Å²) in [4.78, 5) is 11.2. The maximum Gasteiger partial charge on any atom is 0.416 e. The van der Waals surface area contributed by atoms with Crippen molar-refractivity contribution in [1.82, 2.24) is 5.32 Å². The molecular weight excluding hydrogens is 269 g/mol. The van der Waals surface area contributed by atoms with Crippen LogP contribution in [0.25, 0.3) is 0 Å².